The molecule has 0 aliphatic carbocycles. The third-order valence-electron chi connectivity index (χ3n) is 3.31. The van der Waals surface area contributed by atoms with Crippen LogP contribution in [0.5, 0.6) is 0 Å². The molecule has 0 amide bonds. The van der Waals surface area contributed by atoms with Gasteiger partial charge in [-0.25, -0.2) is 15.0 Å². The zero-order chi connectivity index (χ0) is 15.6. The molecule has 0 aromatic carbocycles. The summed E-state index contributed by atoms with van der Waals surface area (Å²) in [6.07, 6.45) is 3.40. The predicted octanol–water partition coefficient (Wildman–Crippen LogP) is 4.18. The minimum atomic E-state index is 0.695. The molecular formula is C15H13N5S3. The van der Waals surface area contributed by atoms with Gasteiger partial charge >= 0.3 is 0 Å². The first kappa shape index (κ1) is 14.8. The van der Waals surface area contributed by atoms with Crippen molar-refractivity contribution in [3.05, 3.63) is 45.5 Å². The molecule has 0 saturated heterocycles. The van der Waals surface area contributed by atoms with Gasteiger partial charge < -0.3 is 0 Å². The van der Waals surface area contributed by atoms with Gasteiger partial charge in [-0.2, -0.15) is 0 Å². The number of rotatable bonds is 5. The van der Waals surface area contributed by atoms with E-state index in [0.29, 0.717) is 5.16 Å². The van der Waals surface area contributed by atoms with Crippen LogP contribution in [0.2, 0.25) is 0 Å². The molecule has 0 unspecified atom stereocenters. The predicted molar refractivity (Wildman–Crippen MR) is 94.4 cm³/mol. The van der Waals surface area contributed by atoms with Gasteiger partial charge in [-0.15, -0.1) is 27.8 Å². The van der Waals surface area contributed by atoms with E-state index in [1.807, 2.05) is 6.07 Å². The maximum Gasteiger partial charge on any atom is 0.214 e. The van der Waals surface area contributed by atoms with E-state index in [-0.39, 0.29) is 0 Å². The fourth-order valence-corrected chi connectivity index (χ4v) is 4.70. The molecule has 4 aromatic rings. The maximum atomic E-state index is 4.56. The summed E-state index contributed by atoms with van der Waals surface area (Å²) in [4.78, 5) is 16.9. The van der Waals surface area contributed by atoms with Crippen LogP contribution in [0, 0.1) is 0 Å². The summed E-state index contributed by atoms with van der Waals surface area (Å²) in [6, 6.07) is 6.32. The van der Waals surface area contributed by atoms with Crippen LogP contribution in [-0.4, -0.2) is 25.1 Å². The Labute approximate surface area is 145 Å². The van der Waals surface area contributed by atoms with Crippen LogP contribution in [0.3, 0.4) is 0 Å². The number of thiophene rings is 2. The highest BCUT2D eigenvalue weighted by molar-refractivity contribution is 7.99. The molecule has 23 heavy (non-hydrogen) atoms. The van der Waals surface area contributed by atoms with Gasteiger partial charge in [0.2, 0.25) is 5.16 Å². The Balaban J connectivity index is 1.58. The molecule has 0 spiro atoms. The van der Waals surface area contributed by atoms with Gasteiger partial charge in [0.15, 0.2) is 0 Å². The van der Waals surface area contributed by atoms with Crippen LogP contribution in [0.4, 0.5) is 0 Å². The number of aryl methyl sites for hydroxylation is 1. The van der Waals surface area contributed by atoms with Crippen LogP contribution in [0.15, 0.2) is 40.1 Å². The van der Waals surface area contributed by atoms with Gasteiger partial charge in [0.25, 0.3) is 0 Å². The van der Waals surface area contributed by atoms with Crippen LogP contribution in [0.25, 0.3) is 10.2 Å². The summed E-state index contributed by atoms with van der Waals surface area (Å²) in [5.41, 5.74) is 0. The lowest BCUT2D eigenvalue weighted by atomic mass is 10.3. The average molecular weight is 360 g/mol. The Morgan fingerprint density at radius 1 is 1.26 bits per heavy atom. The fourth-order valence-electron chi connectivity index (χ4n) is 2.21. The monoisotopic (exact) mass is 359 g/mol. The fraction of sp³-hybridized carbons (Fsp3) is 0.200. The number of aromatic amines is 1. The Kier molecular flexibility index (Phi) is 4.11. The van der Waals surface area contributed by atoms with Gasteiger partial charge in [0.05, 0.1) is 0 Å². The number of aromatic nitrogens is 5. The molecule has 4 heterocycles. The van der Waals surface area contributed by atoms with Crippen molar-refractivity contribution in [3.63, 3.8) is 0 Å². The van der Waals surface area contributed by atoms with E-state index in [1.54, 1.807) is 29.0 Å². The van der Waals surface area contributed by atoms with Gasteiger partial charge in [0.1, 0.15) is 22.0 Å². The standard InChI is InChI=1S/C15H13N5S3/c1-2-9-6-11-13(22-9)16-8-17-14(11)23-15-18-12(19-20-15)7-10-4-3-5-21-10/h3-6,8H,2,7H2,1H3,(H,18,19,20). The van der Waals surface area contributed by atoms with Crippen molar-refractivity contribution >= 4 is 44.7 Å². The Morgan fingerprint density at radius 2 is 2.22 bits per heavy atom. The normalized spacial score (nSPS) is 11.3. The number of hydrogen-bond donors (Lipinski definition) is 1. The quantitative estimate of drug-likeness (QED) is 0.542. The molecule has 1 N–H and O–H groups in total. The lowest BCUT2D eigenvalue weighted by Gasteiger charge is -1.97. The average Bonchev–Trinajstić information content (AvgIpc) is 3.28. The zero-order valence-electron chi connectivity index (χ0n) is 12.3. The van der Waals surface area contributed by atoms with Crippen molar-refractivity contribution in [3.8, 4) is 0 Å². The summed E-state index contributed by atoms with van der Waals surface area (Å²) in [5.74, 6) is 0.875. The van der Waals surface area contributed by atoms with Crippen molar-refractivity contribution in [2.24, 2.45) is 0 Å². The molecule has 0 saturated carbocycles. The van der Waals surface area contributed by atoms with E-state index in [1.165, 1.54) is 21.5 Å². The number of hydrogen-bond acceptors (Lipinski definition) is 7. The lowest BCUT2D eigenvalue weighted by molar-refractivity contribution is 0.957. The summed E-state index contributed by atoms with van der Waals surface area (Å²) in [5, 5.41) is 12.1. The van der Waals surface area contributed by atoms with Crippen LogP contribution in [-0.2, 0) is 12.8 Å². The van der Waals surface area contributed by atoms with Gasteiger partial charge in [0, 0.05) is 21.6 Å². The molecule has 4 rings (SSSR count). The smallest absolute Gasteiger partial charge is 0.214 e. The van der Waals surface area contributed by atoms with Crippen molar-refractivity contribution in [2.75, 3.05) is 0 Å². The molecule has 0 fully saturated rings. The summed E-state index contributed by atoms with van der Waals surface area (Å²) in [7, 11) is 0. The molecule has 0 radical (unpaired) electrons. The van der Waals surface area contributed by atoms with Gasteiger partial charge in [-0.05, 0) is 35.7 Å². The molecule has 8 heteroatoms. The molecule has 0 bridgehead atoms. The Bertz CT molecular complexity index is 926. The number of nitrogens with one attached hydrogen (secondary N) is 1. The highest BCUT2D eigenvalue weighted by Gasteiger charge is 2.12. The topological polar surface area (TPSA) is 67.3 Å². The second-order valence-electron chi connectivity index (χ2n) is 4.89. The molecule has 0 atom stereocenters. The number of nitrogens with zero attached hydrogens (tertiary/aromatic N) is 4. The van der Waals surface area contributed by atoms with E-state index in [9.17, 15) is 0 Å². The summed E-state index contributed by atoms with van der Waals surface area (Å²) >= 11 is 4.92. The largest absolute Gasteiger partial charge is 0.262 e. The maximum absolute atomic E-state index is 4.56. The van der Waals surface area contributed by atoms with Crippen molar-refractivity contribution < 1.29 is 0 Å². The van der Waals surface area contributed by atoms with Crippen LogP contribution >= 0.6 is 34.4 Å². The molecule has 0 aliphatic rings. The van der Waals surface area contributed by atoms with E-state index in [4.69, 9.17) is 0 Å². The van der Waals surface area contributed by atoms with Crippen molar-refractivity contribution in [1.82, 2.24) is 25.1 Å². The van der Waals surface area contributed by atoms with E-state index in [2.05, 4.69) is 49.6 Å². The molecule has 116 valence electrons. The van der Waals surface area contributed by atoms with Crippen molar-refractivity contribution in [1.29, 1.82) is 0 Å². The van der Waals surface area contributed by atoms with Gasteiger partial charge in [-0.3, -0.25) is 5.10 Å². The highest BCUT2D eigenvalue weighted by atomic mass is 32.2. The lowest BCUT2D eigenvalue weighted by Crippen LogP contribution is -1.87. The summed E-state index contributed by atoms with van der Waals surface area (Å²) < 4.78 is 0. The second-order valence-corrected chi connectivity index (χ2v) is 7.99. The van der Waals surface area contributed by atoms with Crippen LogP contribution < -0.4 is 0 Å². The molecule has 4 aromatic heterocycles. The first-order valence-corrected chi connectivity index (χ1v) is 9.68. The minimum Gasteiger partial charge on any atom is -0.262 e. The second kappa shape index (κ2) is 6.38. The Morgan fingerprint density at radius 3 is 3.04 bits per heavy atom. The van der Waals surface area contributed by atoms with Gasteiger partial charge in [-0.1, -0.05) is 13.0 Å². The molecular weight excluding hydrogens is 346 g/mol. The highest BCUT2D eigenvalue weighted by Crippen LogP contribution is 2.33. The summed E-state index contributed by atoms with van der Waals surface area (Å²) in [6.45, 7) is 2.15. The zero-order valence-corrected chi connectivity index (χ0v) is 14.8. The number of H-pyrrole nitrogens is 1. The number of fused-ring (bicyclic) bond motifs is 1. The minimum absolute atomic E-state index is 0.695. The Hall–Kier alpha value is -1.77. The third kappa shape index (κ3) is 3.15. The van der Waals surface area contributed by atoms with E-state index in [0.717, 1.165) is 33.9 Å². The van der Waals surface area contributed by atoms with E-state index >= 15 is 0 Å². The SMILES string of the molecule is CCc1cc2c(Sc3n[nH]c(Cc4cccs4)n3)ncnc2s1. The molecule has 5 nitrogen and oxygen atoms in total. The molecule has 0 aliphatic heterocycles. The first-order valence-electron chi connectivity index (χ1n) is 7.16. The van der Waals surface area contributed by atoms with E-state index < -0.39 is 0 Å². The first-order chi connectivity index (χ1) is 11.3. The van der Waals surface area contributed by atoms with Crippen molar-refractivity contribution in [2.45, 2.75) is 29.9 Å². The third-order valence-corrected chi connectivity index (χ3v) is 6.26. The van der Waals surface area contributed by atoms with Crippen LogP contribution in [0.1, 0.15) is 22.5 Å².